The Morgan fingerprint density at radius 1 is 1.20 bits per heavy atom. The summed E-state index contributed by atoms with van der Waals surface area (Å²) in [6.07, 6.45) is 25.1. The number of piperidine rings is 1. The van der Waals surface area contributed by atoms with Gasteiger partial charge in [0, 0.05) is 19.3 Å². The molecule has 180 valence electrons. The maximum absolute atomic E-state index is 14.0. The van der Waals surface area contributed by atoms with Crippen LogP contribution in [0.4, 0.5) is 0 Å². The lowest BCUT2D eigenvalue weighted by molar-refractivity contribution is -0.137. The second-order valence-electron chi connectivity index (χ2n) is 9.05. The van der Waals surface area contributed by atoms with E-state index in [1.807, 2.05) is 76.4 Å². The molecule has 2 N–H and O–H groups in total. The number of rotatable bonds is 4. The molecule has 0 radical (unpaired) electrons. The van der Waals surface area contributed by atoms with E-state index in [2.05, 4.69) is 32.2 Å². The Balaban J connectivity index is 1.44. The third-order valence-electron chi connectivity index (χ3n) is 6.89. The first-order valence-corrected chi connectivity index (χ1v) is 13.1. The zero-order valence-electron chi connectivity index (χ0n) is 19.2. The molecular weight excluding hydrogens is 524 g/mol. The molecule has 2 atom stereocenters. The number of halogens is 1. The molecule has 6 nitrogen and oxygen atoms in total. The highest BCUT2D eigenvalue weighted by Gasteiger charge is 2.38. The first kappa shape index (κ1) is 23.9. The Morgan fingerprint density at radius 3 is 2.86 bits per heavy atom. The summed E-state index contributed by atoms with van der Waals surface area (Å²) in [7, 11) is 0. The van der Waals surface area contributed by atoms with Crippen LogP contribution in [-0.4, -0.2) is 54.2 Å². The van der Waals surface area contributed by atoms with Gasteiger partial charge < -0.3 is 14.6 Å². The van der Waals surface area contributed by atoms with Gasteiger partial charge in [0.15, 0.2) is 0 Å². The van der Waals surface area contributed by atoms with Gasteiger partial charge in [0.05, 0.1) is 27.5 Å². The first-order chi connectivity index (χ1) is 17.0. The normalized spacial score (nSPS) is 22.5. The van der Waals surface area contributed by atoms with Crippen molar-refractivity contribution < 1.29 is 9.90 Å². The third kappa shape index (κ3) is 4.83. The Labute approximate surface area is 217 Å². The summed E-state index contributed by atoms with van der Waals surface area (Å²) in [6.45, 7) is 0.942. The number of carbonyl (C=O) groups excluding carboxylic acids is 1. The van der Waals surface area contributed by atoms with Crippen LogP contribution in [0, 0.1) is 4.64 Å². The van der Waals surface area contributed by atoms with Crippen LogP contribution in [0.3, 0.4) is 0 Å². The van der Waals surface area contributed by atoms with E-state index in [0.29, 0.717) is 37.0 Å². The monoisotopic (exact) mass is 550 g/mol. The topological polar surface area (TPSA) is 74.2 Å². The minimum absolute atomic E-state index is 0.00764. The van der Waals surface area contributed by atoms with Crippen molar-refractivity contribution in [3.8, 4) is 0 Å². The predicted octanol–water partition coefficient (Wildman–Crippen LogP) is 5.25. The molecule has 0 saturated carbocycles. The number of aliphatic hydroxyl groups is 1. The number of hydrogen-bond acceptors (Lipinski definition) is 4. The summed E-state index contributed by atoms with van der Waals surface area (Å²) in [4.78, 5) is 16.1. The number of nitrogens with zero attached hydrogens (tertiary/aromatic N) is 3. The van der Waals surface area contributed by atoms with Gasteiger partial charge in [0.2, 0.25) is 5.91 Å². The van der Waals surface area contributed by atoms with Crippen molar-refractivity contribution >= 4 is 45.0 Å². The molecule has 2 aliphatic carbocycles. The highest BCUT2D eigenvalue weighted by molar-refractivity contribution is 9.09. The van der Waals surface area contributed by atoms with Crippen molar-refractivity contribution in [2.45, 2.75) is 35.7 Å². The van der Waals surface area contributed by atoms with Gasteiger partial charge in [-0.25, -0.2) is 0 Å². The number of pyridine rings is 1. The van der Waals surface area contributed by atoms with Crippen molar-refractivity contribution in [1.82, 2.24) is 19.7 Å². The molecule has 2 unspecified atom stereocenters. The molecule has 0 aromatic carbocycles. The van der Waals surface area contributed by atoms with Gasteiger partial charge in [0.1, 0.15) is 10.7 Å². The van der Waals surface area contributed by atoms with Crippen LogP contribution in [-0.2, 0) is 4.79 Å². The minimum atomic E-state index is -0.955. The van der Waals surface area contributed by atoms with Crippen LogP contribution >= 0.6 is 28.1 Å². The Bertz CT molecular complexity index is 1370. The van der Waals surface area contributed by atoms with Gasteiger partial charge in [-0.2, -0.15) is 5.10 Å². The van der Waals surface area contributed by atoms with E-state index in [9.17, 15) is 9.90 Å². The number of H-pyrrole nitrogens is 1. The van der Waals surface area contributed by atoms with Crippen molar-refractivity contribution in [2.24, 2.45) is 0 Å². The summed E-state index contributed by atoms with van der Waals surface area (Å²) >= 11 is 9.36. The van der Waals surface area contributed by atoms with Crippen molar-refractivity contribution in [1.29, 1.82) is 0 Å². The molecule has 35 heavy (non-hydrogen) atoms. The number of alkyl halides is 1. The quantitative estimate of drug-likeness (QED) is 0.403. The lowest BCUT2D eigenvalue weighted by Crippen LogP contribution is -2.49. The highest BCUT2D eigenvalue weighted by Crippen LogP contribution is 2.34. The number of amides is 1. The Hall–Kier alpha value is -2.81. The number of likely N-dealkylation sites (tertiary alicyclic amines) is 1. The molecular formula is C27H27BrN4O2S. The van der Waals surface area contributed by atoms with Gasteiger partial charge in [-0.15, -0.1) is 0 Å². The summed E-state index contributed by atoms with van der Waals surface area (Å²) < 4.78 is 2.46. The summed E-state index contributed by atoms with van der Waals surface area (Å²) in [5.74, 6) is -0.00764. The van der Waals surface area contributed by atoms with E-state index in [1.165, 1.54) is 0 Å². The number of nitrogens with one attached hydrogen (secondary N) is 1. The molecule has 1 saturated heterocycles. The third-order valence-corrected chi connectivity index (χ3v) is 7.93. The number of fused-ring (bicyclic) bond motifs is 1. The molecule has 8 heteroatoms. The largest absolute Gasteiger partial charge is 0.385 e. The Kier molecular flexibility index (Phi) is 6.86. The standard InChI is InChI=1S/C27H27BrN4O2S/c28-21-9-5-8-20(10-11-21)27(34)13-16-31(17-14-27)25(33)24(19-6-3-1-2-4-7-19)32-15-12-23-22(26(32)35)18-29-30-23/h1-6,8-12,15,18,21,24,34H,7,13-14,16-17H2,(H,29,30). The second kappa shape index (κ2) is 10.0. The molecule has 0 spiro atoms. The lowest BCUT2D eigenvalue weighted by atomic mass is 9.83. The maximum Gasteiger partial charge on any atom is 0.249 e. The lowest BCUT2D eigenvalue weighted by Gasteiger charge is -2.40. The molecule has 3 aliphatic rings. The van der Waals surface area contributed by atoms with Gasteiger partial charge in [-0.1, -0.05) is 88.9 Å². The van der Waals surface area contributed by atoms with E-state index >= 15 is 0 Å². The fraction of sp³-hybridized carbons (Fsp3) is 0.296. The smallest absolute Gasteiger partial charge is 0.249 e. The molecule has 1 aliphatic heterocycles. The van der Waals surface area contributed by atoms with Crippen LogP contribution in [0.5, 0.6) is 0 Å². The molecule has 1 amide bonds. The van der Waals surface area contributed by atoms with Crippen LogP contribution < -0.4 is 0 Å². The second-order valence-corrected chi connectivity index (χ2v) is 10.5. The molecule has 0 bridgehead atoms. The first-order valence-electron chi connectivity index (χ1n) is 11.8. The van der Waals surface area contributed by atoms with Gasteiger partial charge in [-0.05, 0) is 36.5 Å². The molecule has 5 rings (SSSR count). The van der Waals surface area contributed by atoms with Crippen LogP contribution in [0.15, 0.2) is 90.4 Å². The van der Waals surface area contributed by atoms with E-state index in [4.69, 9.17) is 12.2 Å². The average molecular weight is 552 g/mol. The number of hydrogen-bond donors (Lipinski definition) is 2. The van der Waals surface area contributed by atoms with E-state index in [0.717, 1.165) is 22.0 Å². The minimum Gasteiger partial charge on any atom is -0.385 e. The molecule has 2 aromatic rings. The number of aromatic nitrogens is 3. The average Bonchev–Trinajstić information content (AvgIpc) is 3.03. The van der Waals surface area contributed by atoms with Gasteiger partial charge in [0.25, 0.3) is 0 Å². The van der Waals surface area contributed by atoms with Crippen LogP contribution in [0.2, 0.25) is 0 Å². The summed E-state index contributed by atoms with van der Waals surface area (Å²) in [5.41, 5.74) is 1.75. The molecule has 2 aromatic heterocycles. The van der Waals surface area contributed by atoms with Crippen LogP contribution in [0.25, 0.3) is 10.9 Å². The van der Waals surface area contributed by atoms with Crippen LogP contribution in [0.1, 0.15) is 25.3 Å². The van der Waals surface area contributed by atoms with E-state index < -0.39 is 11.6 Å². The van der Waals surface area contributed by atoms with Gasteiger partial charge in [-0.3, -0.25) is 9.89 Å². The number of allylic oxidation sites excluding steroid dienone is 9. The highest BCUT2D eigenvalue weighted by atomic mass is 79.9. The zero-order chi connectivity index (χ0) is 24.4. The molecule has 3 heterocycles. The number of aromatic amines is 1. The molecule has 1 fully saturated rings. The van der Waals surface area contributed by atoms with E-state index in [-0.39, 0.29) is 10.7 Å². The summed E-state index contributed by atoms with van der Waals surface area (Å²) in [6, 6.07) is 1.35. The summed E-state index contributed by atoms with van der Waals surface area (Å²) in [5, 5.41) is 19.3. The predicted molar refractivity (Wildman–Crippen MR) is 145 cm³/mol. The maximum atomic E-state index is 14.0. The SMILES string of the molecule is O=C(C(C1=CC=CC=CC1)n1ccc2[nH]ncc2c1=S)N1CCC(O)(C2=CC=CC(Br)C=C2)CC1. The van der Waals surface area contributed by atoms with E-state index in [1.54, 1.807) is 6.20 Å². The zero-order valence-corrected chi connectivity index (χ0v) is 21.6. The fourth-order valence-corrected chi connectivity index (χ4v) is 5.52. The number of carbonyl (C=O) groups is 1. The van der Waals surface area contributed by atoms with Gasteiger partial charge >= 0.3 is 0 Å². The Morgan fingerprint density at radius 2 is 2.03 bits per heavy atom. The van der Waals surface area contributed by atoms with Crippen molar-refractivity contribution in [2.75, 3.05) is 13.1 Å². The fourth-order valence-electron chi connectivity index (χ4n) is 4.86. The van der Waals surface area contributed by atoms with Crippen molar-refractivity contribution in [3.63, 3.8) is 0 Å². The van der Waals surface area contributed by atoms with Crippen molar-refractivity contribution in [3.05, 3.63) is 95.0 Å².